The number of ether oxygens (including phenoxy) is 1. The van der Waals surface area contributed by atoms with Crippen LogP contribution in [0.15, 0.2) is 34.7 Å². The van der Waals surface area contributed by atoms with Crippen molar-refractivity contribution in [2.24, 2.45) is 0 Å². The summed E-state index contributed by atoms with van der Waals surface area (Å²) in [6.07, 6.45) is 1.61. The summed E-state index contributed by atoms with van der Waals surface area (Å²) in [5.41, 5.74) is 1.14. The van der Waals surface area contributed by atoms with Gasteiger partial charge in [-0.15, -0.1) is 0 Å². The zero-order valence-electron chi connectivity index (χ0n) is 16.7. The third-order valence-electron chi connectivity index (χ3n) is 5.89. The molecule has 0 spiro atoms. The molecule has 0 radical (unpaired) electrons. The molecule has 0 unspecified atom stereocenters. The second-order valence-corrected chi connectivity index (χ2v) is 8.49. The van der Waals surface area contributed by atoms with E-state index in [4.69, 9.17) is 20.8 Å². The maximum Gasteiger partial charge on any atom is 0.298 e. The number of amides is 1. The number of benzene rings is 2. The van der Waals surface area contributed by atoms with E-state index in [9.17, 15) is 14.3 Å². The zero-order valence-corrected chi connectivity index (χ0v) is 17.4. The van der Waals surface area contributed by atoms with Crippen LogP contribution in [0.5, 0.6) is 5.75 Å². The van der Waals surface area contributed by atoms with E-state index in [2.05, 4.69) is 10.3 Å². The Kier molecular flexibility index (Phi) is 4.98. The predicted molar refractivity (Wildman–Crippen MR) is 114 cm³/mol. The fourth-order valence-corrected chi connectivity index (χ4v) is 4.21. The zero-order chi connectivity index (χ0) is 21.6. The van der Waals surface area contributed by atoms with Crippen molar-refractivity contribution < 1.29 is 23.4 Å². The number of carbonyl (C=O) groups is 1. The van der Waals surface area contributed by atoms with Crippen molar-refractivity contribution in [1.29, 1.82) is 0 Å². The molecule has 1 fully saturated rings. The first-order chi connectivity index (χ1) is 14.9. The lowest BCUT2D eigenvalue weighted by atomic mass is 9.92. The number of halogens is 2. The Labute approximate surface area is 182 Å². The molecule has 2 aliphatic heterocycles. The van der Waals surface area contributed by atoms with Gasteiger partial charge in [-0.05, 0) is 43.5 Å². The van der Waals surface area contributed by atoms with Crippen LogP contribution in [0.4, 0.5) is 16.1 Å². The van der Waals surface area contributed by atoms with E-state index in [-0.39, 0.29) is 24.6 Å². The van der Waals surface area contributed by atoms with Crippen molar-refractivity contribution in [3.8, 4) is 5.75 Å². The van der Waals surface area contributed by atoms with E-state index in [1.807, 2.05) is 11.0 Å². The van der Waals surface area contributed by atoms with E-state index in [0.717, 1.165) is 5.52 Å². The van der Waals surface area contributed by atoms with Gasteiger partial charge in [0.15, 0.2) is 5.58 Å². The summed E-state index contributed by atoms with van der Waals surface area (Å²) in [4.78, 5) is 18.1. The second-order valence-electron chi connectivity index (χ2n) is 8.06. The lowest BCUT2D eigenvalue weighted by molar-refractivity contribution is -0.116. The van der Waals surface area contributed by atoms with Crippen LogP contribution in [0, 0.1) is 5.82 Å². The largest absolute Gasteiger partial charge is 0.490 e. The minimum Gasteiger partial charge on any atom is -0.490 e. The Morgan fingerprint density at radius 2 is 2.06 bits per heavy atom. The molecular formula is C22H21ClFN3O4. The molecule has 5 rings (SSSR count). The molecule has 3 heterocycles. The molecule has 3 aromatic rings. The van der Waals surface area contributed by atoms with Crippen LogP contribution in [0.2, 0.25) is 5.02 Å². The number of aromatic nitrogens is 1. The molecule has 2 aromatic carbocycles. The van der Waals surface area contributed by atoms with E-state index >= 15 is 0 Å². The van der Waals surface area contributed by atoms with Gasteiger partial charge < -0.3 is 24.5 Å². The van der Waals surface area contributed by atoms with Gasteiger partial charge in [-0.2, -0.15) is 4.98 Å². The molecule has 1 aromatic heterocycles. The van der Waals surface area contributed by atoms with E-state index in [1.54, 1.807) is 18.2 Å². The van der Waals surface area contributed by atoms with Crippen molar-refractivity contribution >= 4 is 40.3 Å². The molecule has 1 amide bonds. The number of piperidine rings is 1. The molecule has 2 aliphatic rings. The molecule has 0 saturated carbocycles. The molecule has 0 aliphatic carbocycles. The molecule has 2 N–H and O–H groups in total. The number of rotatable bonds is 4. The Morgan fingerprint density at radius 1 is 1.26 bits per heavy atom. The monoisotopic (exact) mass is 445 g/mol. The van der Waals surface area contributed by atoms with Crippen molar-refractivity contribution in [2.75, 3.05) is 29.9 Å². The fourth-order valence-electron chi connectivity index (χ4n) is 4.05. The standard InChI is InChI=1S/C22H21ClFN3O4/c23-13-1-4-16-18(11-13)31-21(25-16)27-9-7-22(29,8-10-27)12-30-17-5-3-15(24)20-14(17)2-6-19(28)26-20/h1,3-5,11,29H,2,6-10,12H2,(H,26,28). The van der Waals surface area contributed by atoms with Gasteiger partial charge in [0, 0.05) is 36.2 Å². The van der Waals surface area contributed by atoms with Gasteiger partial charge in [-0.1, -0.05) is 11.6 Å². The van der Waals surface area contributed by atoms with Gasteiger partial charge in [0.2, 0.25) is 5.91 Å². The summed E-state index contributed by atoms with van der Waals surface area (Å²) in [7, 11) is 0. The third-order valence-corrected chi connectivity index (χ3v) is 6.12. The molecule has 7 nitrogen and oxygen atoms in total. The number of hydrogen-bond acceptors (Lipinski definition) is 6. The number of oxazole rings is 1. The molecule has 31 heavy (non-hydrogen) atoms. The molecule has 0 bridgehead atoms. The van der Waals surface area contributed by atoms with Crippen LogP contribution < -0.4 is 15.0 Å². The van der Waals surface area contributed by atoms with Gasteiger partial charge in [-0.3, -0.25) is 4.79 Å². The summed E-state index contributed by atoms with van der Waals surface area (Å²) >= 11 is 6.01. The summed E-state index contributed by atoms with van der Waals surface area (Å²) in [6, 6.07) is 8.63. The summed E-state index contributed by atoms with van der Waals surface area (Å²) in [6.45, 7) is 1.19. The SMILES string of the molecule is O=C1CCc2c(OCC3(O)CCN(c4nc5ccc(Cl)cc5o4)CC3)ccc(F)c2N1. The summed E-state index contributed by atoms with van der Waals surface area (Å²) in [5.74, 6) is -0.207. The summed E-state index contributed by atoms with van der Waals surface area (Å²) < 4.78 is 25.8. The molecule has 162 valence electrons. The maximum absolute atomic E-state index is 14.1. The first kappa shape index (κ1) is 20.1. The van der Waals surface area contributed by atoms with E-state index in [0.29, 0.717) is 60.3 Å². The first-order valence-corrected chi connectivity index (χ1v) is 10.6. The molecular weight excluding hydrogens is 425 g/mol. The van der Waals surface area contributed by atoms with Crippen LogP contribution in [-0.2, 0) is 11.2 Å². The van der Waals surface area contributed by atoms with Crippen molar-refractivity contribution in [1.82, 2.24) is 4.98 Å². The second kappa shape index (κ2) is 7.69. The lowest BCUT2D eigenvalue weighted by Gasteiger charge is -2.37. The quantitative estimate of drug-likeness (QED) is 0.633. The highest BCUT2D eigenvalue weighted by molar-refractivity contribution is 6.31. The van der Waals surface area contributed by atoms with Crippen LogP contribution in [-0.4, -0.2) is 41.3 Å². The minimum atomic E-state index is -1.02. The van der Waals surface area contributed by atoms with Crippen LogP contribution >= 0.6 is 11.6 Å². The normalized spacial score (nSPS) is 18.0. The number of nitrogens with zero attached hydrogens (tertiary/aromatic N) is 2. The van der Waals surface area contributed by atoms with Gasteiger partial charge in [0.25, 0.3) is 6.01 Å². The number of nitrogens with one attached hydrogen (secondary N) is 1. The third kappa shape index (κ3) is 3.93. The Hall–Kier alpha value is -2.84. The smallest absolute Gasteiger partial charge is 0.298 e. The highest BCUT2D eigenvalue weighted by Crippen LogP contribution is 2.35. The van der Waals surface area contributed by atoms with Crippen LogP contribution in [0.1, 0.15) is 24.8 Å². The first-order valence-electron chi connectivity index (χ1n) is 10.2. The average molecular weight is 446 g/mol. The number of hydrogen-bond donors (Lipinski definition) is 2. The lowest BCUT2D eigenvalue weighted by Crippen LogP contribution is -2.48. The van der Waals surface area contributed by atoms with Crippen LogP contribution in [0.25, 0.3) is 11.1 Å². The van der Waals surface area contributed by atoms with Crippen LogP contribution in [0.3, 0.4) is 0 Å². The van der Waals surface area contributed by atoms with E-state index in [1.165, 1.54) is 6.07 Å². The molecule has 1 saturated heterocycles. The van der Waals surface area contributed by atoms with Gasteiger partial charge in [-0.25, -0.2) is 4.39 Å². The van der Waals surface area contributed by atoms with E-state index < -0.39 is 11.4 Å². The Balaban J connectivity index is 1.25. The van der Waals surface area contributed by atoms with Crippen molar-refractivity contribution in [3.05, 3.63) is 46.7 Å². The van der Waals surface area contributed by atoms with Gasteiger partial charge >= 0.3 is 0 Å². The Bertz CT molecular complexity index is 1160. The fraction of sp³-hybridized carbons (Fsp3) is 0.364. The number of aliphatic hydroxyl groups is 1. The number of anilines is 2. The number of fused-ring (bicyclic) bond motifs is 2. The van der Waals surface area contributed by atoms with Gasteiger partial charge in [0.1, 0.15) is 29.3 Å². The minimum absolute atomic E-state index is 0.0794. The number of carbonyl (C=O) groups excluding carboxylic acids is 1. The van der Waals surface area contributed by atoms with Crippen molar-refractivity contribution in [3.63, 3.8) is 0 Å². The summed E-state index contributed by atoms with van der Waals surface area (Å²) in [5, 5.41) is 14.2. The average Bonchev–Trinajstić information content (AvgIpc) is 3.17. The predicted octanol–water partition coefficient (Wildman–Crippen LogP) is 3.92. The molecule has 9 heteroatoms. The highest BCUT2D eigenvalue weighted by Gasteiger charge is 2.35. The topological polar surface area (TPSA) is 87.8 Å². The maximum atomic E-state index is 14.1. The van der Waals surface area contributed by atoms with Gasteiger partial charge in [0.05, 0.1) is 5.69 Å². The van der Waals surface area contributed by atoms with Crippen molar-refractivity contribution in [2.45, 2.75) is 31.3 Å². The Morgan fingerprint density at radius 3 is 2.87 bits per heavy atom. The highest BCUT2D eigenvalue weighted by atomic mass is 35.5. The molecule has 0 atom stereocenters.